The minimum atomic E-state index is -0.461. The number of nitrogens with zero attached hydrogens (tertiary/aromatic N) is 3. The fraction of sp³-hybridized carbons (Fsp3) is 0.407. The molecule has 0 unspecified atom stereocenters. The molecule has 1 aliphatic rings. The molecule has 0 radical (unpaired) electrons. The lowest BCUT2D eigenvalue weighted by Gasteiger charge is -2.27. The summed E-state index contributed by atoms with van der Waals surface area (Å²) in [7, 11) is 0. The average molecular weight is 491 g/mol. The summed E-state index contributed by atoms with van der Waals surface area (Å²) in [6, 6.07) is 14.3. The van der Waals surface area contributed by atoms with Crippen LogP contribution in [-0.2, 0) is 13.1 Å². The number of hydrogen-bond donors (Lipinski definition) is 4. The van der Waals surface area contributed by atoms with Gasteiger partial charge < -0.3 is 21.5 Å². The zero-order chi connectivity index (χ0) is 25.5. The minimum Gasteiger partial charge on any atom is -0.396 e. The van der Waals surface area contributed by atoms with Gasteiger partial charge >= 0.3 is 5.69 Å². The van der Waals surface area contributed by atoms with Crippen molar-refractivity contribution < 1.29 is 10.0 Å². The Kier molecular flexibility index (Phi) is 8.45. The zero-order valence-corrected chi connectivity index (χ0v) is 20.6. The van der Waals surface area contributed by atoms with E-state index in [0.29, 0.717) is 37.4 Å². The number of aromatic nitrogens is 2. The summed E-state index contributed by atoms with van der Waals surface area (Å²) in [5.41, 5.74) is 11.3. The summed E-state index contributed by atoms with van der Waals surface area (Å²) < 4.78 is 0. The fourth-order valence-corrected chi connectivity index (χ4v) is 4.89. The molecule has 4 rings (SSSR count). The van der Waals surface area contributed by atoms with Crippen LogP contribution in [0.5, 0.6) is 0 Å². The fourth-order valence-electron chi connectivity index (χ4n) is 4.89. The minimum absolute atomic E-state index is 0.138. The van der Waals surface area contributed by atoms with Crippen molar-refractivity contribution in [2.24, 2.45) is 17.6 Å². The van der Waals surface area contributed by atoms with Gasteiger partial charge in [-0.2, -0.15) is 4.98 Å². The highest BCUT2D eigenvalue weighted by Crippen LogP contribution is 2.31. The molecule has 3 aromatic rings. The Morgan fingerprint density at radius 1 is 1.03 bits per heavy atom. The molecule has 0 amide bonds. The number of aliphatic hydroxyl groups is 1. The first-order valence-corrected chi connectivity index (χ1v) is 12.5. The van der Waals surface area contributed by atoms with Crippen molar-refractivity contribution >= 4 is 17.5 Å². The van der Waals surface area contributed by atoms with Crippen molar-refractivity contribution in [3.63, 3.8) is 0 Å². The molecule has 0 spiro atoms. The normalized spacial score (nSPS) is 17.5. The molecule has 0 saturated heterocycles. The molecule has 1 aromatic heterocycles. The summed E-state index contributed by atoms with van der Waals surface area (Å²) >= 11 is 0. The van der Waals surface area contributed by atoms with Crippen LogP contribution in [-0.4, -0.2) is 33.1 Å². The van der Waals surface area contributed by atoms with Crippen LogP contribution >= 0.6 is 0 Å². The van der Waals surface area contributed by atoms with Gasteiger partial charge in [-0.15, -0.1) is 0 Å². The second-order valence-corrected chi connectivity index (χ2v) is 9.44. The van der Waals surface area contributed by atoms with Crippen LogP contribution in [0.25, 0.3) is 11.1 Å². The van der Waals surface area contributed by atoms with Gasteiger partial charge in [-0.1, -0.05) is 42.5 Å². The highest BCUT2D eigenvalue weighted by molar-refractivity contribution is 5.71. The van der Waals surface area contributed by atoms with E-state index in [1.54, 1.807) is 0 Å². The molecule has 9 heteroatoms. The first kappa shape index (κ1) is 25.5. The Balaban J connectivity index is 1.47. The SMILES string of the molecule is Cc1c(CNc2ncc([N+](=O)[O-])c(NCC3CCC(CO)CC3)n2)cccc1-c1ccccc1CN. The lowest BCUT2D eigenvalue weighted by atomic mass is 9.82. The second kappa shape index (κ2) is 11.9. The summed E-state index contributed by atoms with van der Waals surface area (Å²) in [6.45, 7) is 3.86. The van der Waals surface area contributed by atoms with Crippen LogP contribution in [0, 0.1) is 28.9 Å². The van der Waals surface area contributed by atoms with Crippen molar-refractivity contribution in [3.8, 4) is 11.1 Å². The Bertz CT molecular complexity index is 1190. The third-order valence-corrected chi connectivity index (χ3v) is 7.16. The Morgan fingerprint density at radius 2 is 1.72 bits per heavy atom. The van der Waals surface area contributed by atoms with Crippen molar-refractivity contribution in [1.29, 1.82) is 0 Å². The van der Waals surface area contributed by atoms with Gasteiger partial charge in [0, 0.05) is 26.2 Å². The van der Waals surface area contributed by atoms with Gasteiger partial charge in [-0.05, 0) is 72.3 Å². The molecule has 1 aliphatic carbocycles. The van der Waals surface area contributed by atoms with E-state index in [2.05, 4.69) is 39.7 Å². The van der Waals surface area contributed by atoms with E-state index >= 15 is 0 Å². The average Bonchev–Trinajstić information content (AvgIpc) is 2.91. The monoisotopic (exact) mass is 490 g/mol. The number of nitrogens with two attached hydrogens (primary N) is 1. The molecule has 36 heavy (non-hydrogen) atoms. The molecule has 0 aliphatic heterocycles. The predicted octanol–water partition coefficient (Wildman–Crippen LogP) is 4.64. The maximum atomic E-state index is 11.5. The van der Waals surface area contributed by atoms with Crippen molar-refractivity contribution in [1.82, 2.24) is 9.97 Å². The second-order valence-electron chi connectivity index (χ2n) is 9.44. The van der Waals surface area contributed by atoms with Crippen molar-refractivity contribution in [3.05, 3.63) is 75.5 Å². The smallest absolute Gasteiger partial charge is 0.329 e. The first-order chi connectivity index (χ1) is 17.5. The number of anilines is 2. The highest BCUT2D eigenvalue weighted by atomic mass is 16.6. The molecule has 0 bridgehead atoms. The summed E-state index contributed by atoms with van der Waals surface area (Å²) in [5.74, 6) is 1.33. The molecule has 1 saturated carbocycles. The summed E-state index contributed by atoms with van der Waals surface area (Å²) in [5, 5.41) is 27.3. The van der Waals surface area contributed by atoms with E-state index in [9.17, 15) is 15.2 Å². The molecule has 190 valence electrons. The summed E-state index contributed by atoms with van der Waals surface area (Å²) in [4.78, 5) is 19.7. The standard InChI is InChI=1S/C27H34N6O3/c1-18-22(6-4-8-23(18)24-7-3-2-5-21(24)13-28)15-30-27-31-16-25(33(35)36)26(32-27)29-14-19-9-11-20(17-34)12-10-19/h2-8,16,19-20,34H,9-15,17,28H2,1H3,(H2,29,30,31,32). The Hall–Kier alpha value is -3.56. The number of aliphatic hydroxyl groups excluding tert-OH is 1. The lowest BCUT2D eigenvalue weighted by molar-refractivity contribution is -0.384. The molecule has 2 aromatic carbocycles. The van der Waals surface area contributed by atoms with Crippen LogP contribution in [0.4, 0.5) is 17.5 Å². The maximum absolute atomic E-state index is 11.5. The lowest BCUT2D eigenvalue weighted by Crippen LogP contribution is -2.23. The van der Waals surface area contributed by atoms with E-state index in [-0.39, 0.29) is 18.1 Å². The zero-order valence-electron chi connectivity index (χ0n) is 20.6. The van der Waals surface area contributed by atoms with Gasteiger partial charge in [0.25, 0.3) is 0 Å². The number of nitrogens with one attached hydrogen (secondary N) is 2. The van der Waals surface area contributed by atoms with Crippen LogP contribution in [0.1, 0.15) is 42.4 Å². The number of rotatable bonds is 10. The third-order valence-electron chi connectivity index (χ3n) is 7.16. The van der Waals surface area contributed by atoms with Crippen molar-refractivity contribution in [2.45, 2.75) is 45.7 Å². The maximum Gasteiger partial charge on any atom is 0.329 e. The quantitative estimate of drug-likeness (QED) is 0.238. The number of benzene rings is 2. The molecular formula is C27H34N6O3. The predicted molar refractivity (Wildman–Crippen MR) is 142 cm³/mol. The van der Waals surface area contributed by atoms with E-state index in [1.807, 2.05) is 30.3 Å². The van der Waals surface area contributed by atoms with E-state index in [4.69, 9.17) is 5.73 Å². The highest BCUT2D eigenvalue weighted by Gasteiger charge is 2.23. The molecule has 5 N–H and O–H groups in total. The van der Waals surface area contributed by atoms with Crippen LogP contribution in [0.2, 0.25) is 0 Å². The molecule has 0 atom stereocenters. The number of nitro groups is 1. The van der Waals surface area contributed by atoms with Crippen molar-refractivity contribution in [2.75, 3.05) is 23.8 Å². The Morgan fingerprint density at radius 3 is 2.44 bits per heavy atom. The van der Waals surface area contributed by atoms with Gasteiger partial charge in [-0.3, -0.25) is 10.1 Å². The van der Waals surface area contributed by atoms with Gasteiger partial charge in [0.1, 0.15) is 6.20 Å². The summed E-state index contributed by atoms with van der Waals surface area (Å²) in [6.07, 6.45) is 5.20. The van der Waals surface area contributed by atoms with Crippen LogP contribution in [0.15, 0.2) is 48.7 Å². The van der Waals surface area contributed by atoms with Gasteiger partial charge in [0.05, 0.1) is 4.92 Å². The molecule has 9 nitrogen and oxygen atoms in total. The molecular weight excluding hydrogens is 456 g/mol. The van der Waals surface area contributed by atoms with E-state index < -0.39 is 4.92 Å². The van der Waals surface area contributed by atoms with E-state index in [0.717, 1.165) is 53.5 Å². The first-order valence-electron chi connectivity index (χ1n) is 12.5. The van der Waals surface area contributed by atoms with Gasteiger partial charge in [0.15, 0.2) is 0 Å². The molecule has 1 heterocycles. The Labute approximate surface area is 211 Å². The van der Waals surface area contributed by atoms with Gasteiger partial charge in [-0.25, -0.2) is 4.98 Å². The number of hydrogen-bond acceptors (Lipinski definition) is 8. The van der Waals surface area contributed by atoms with E-state index in [1.165, 1.54) is 6.20 Å². The topological polar surface area (TPSA) is 139 Å². The largest absolute Gasteiger partial charge is 0.396 e. The molecule has 1 fully saturated rings. The van der Waals surface area contributed by atoms with Gasteiger partial charge in [0.2, 0.25) is 11.8 Å². The van der Waals surface area contributed by atoms with Crippen LogP contribution < -0.4 is 16.4 Å². The van der Waals surface area contributed by atoms with Crippen LogP contribution in [0.3, 0.4) is 0 Å². The third kappa shape index (κ3) is 5.98.